The lowest BCUT2D eigenvalue weighted by molar-refractivity contribution is -0.404. The summed E-state index contributed by atoms with van der Waals surface area (Å²) in [6, 6.07) is 6.92. The number of alkyl halides is 4. The molecule has 4 rings (SSSR count). The highest BCUT2D eigenvalue weighted by Crippen LogP contribution is 2.10. The summed E-state index contributed by atoms with van der Waals surface area (Å²) in [5, 5.41) is 25.2. The molecular formula is C23H29ClF4N10O3. The molecular weight excluding hydrogens is 576 g/mol. The number of quaternary nitrogens is 1. The molecule has 0 unspecified atom stereocenters. The van der Waals surface area contributed by atoms with Gasteiger partial charge in [0.15, 0.2) is 11.4 Å². The van der Waals surface area contributed by atoms with Crippen LogP contribution in [0.3, 0.4) is 0 Å². The minimum atomic E-state index is -2.96. The summed E-state index contributed by atoms with van der Waals surface area (Å²) in [4.78, 5) is 29.8. The molecule has 0 aliphatic heterocycles. The van der Waals surface area contributed by atoms with Crippen molar-refractivity contribution in [2.45, 2.75) is 33.1 Å². The quantitative estimate of drug-likeness (QED) is 0.221. The van der Waals surface area contributed by atoms with Crippen molar-refractivity contribution >= 4 is 11.9 Å². The number of hydrogen-bond acceptors (Lipinski definition) is 8. The first-order valence-corrected chi connectivity index (χ1v) is 11.0. The average molecular weight is 605 g/mol. The highest BCUT2D eigenvalue weighted by molar-refractivity contribution is 5.91. The number of aromatic nitrogens is 8. The van der Waals surface area contributed by atoms with Crippen LogP contribution in [-0.2, 0) is 0 Å². The number of halogens is 5. The van der Waals surface area contributed by atoms with E-state index in [2.05, 4.69) is 41.6 Å². The lowest BCUT2D eigenvalue weighted by Crippen LogP contribution is -3.00. The minimum absolute atomic E-state index is 0. The number of nitrogens with one attached hydrogen (secondary N) is 1. The van der Waals surface area contributed by atoms with Crippen molar-refractivity contribution < 1.29 is 50.4 Å². The highest BCUT2D eigenvalue weighted by atomic mass is 35.5. The third-order valence-electron chi connectivity index (χ3n) is 4.26. The Morgan fingerprint density at radius 1 is 0.902 bits per heavy atom. The molecule has 0 aromatic carbocycles. The maximum Gasteiger partial charge on any atom is 0.358 e. The van der Waals surface area contributed by atoms with Gasteiger partial charge in [-0.25, -0.2) is 31.7 Å². The van der Waals surface area contributed by atoms with Crippen molar-refractivity contribution in [2.75, 3.05) is 13.1 Å². The summed E-state index contributed by atoms with van der Waals surface area (Å²) >= 11 is 0. The summed E-state index contributed by atoms with van der Waals surface area (Å²) in [7, 11) is 0. The van der Waals surface area contributed by atoms with Crippen molar-refractivity contribution in [1.29, 1.82) is 0 Å². The lowest BCUT2D eigenvalue weighted by Gasteiger charge is -2.09. The lowest BCUT2D eigenvalue weighted by atomic mass is 10.3. The zero-order valence-corrected chi connectivity index (χ0v) is 21.9. The van der Waals surface area contributed by atoms with E-state index in [9.17, 15) is 27.2 Å². The molecule has 13 nitrogen and oxygen atoms in total. The van der Waals surface area contributed by atoms with E-state index in [1.165, 1.54) is 28.0 Å². The van der Waals surface area contributed by atoms with E-state index in [1.54, 1.807) is 42.9 Å². The Bertz CT molecular complexity index is 1330. The second kappa shape index (κ2) is 16.6. The first-order valence-electron chi connectivity index (χ1n) is 11.0. The Morgan fingerprint density at radius 2 is 1.34 bits per heavy atom. The number of pyridine rings is 2. The van der Waals surface area contributed by atoms with Crippen LogP contribution >= 0.6 is 0 Å². The van der Waals surface area contributed by atoms with Crippen molar-refractivity contribution in [3.05, 3.63) is 72.8 Å². The fourth-order valence-electron chi connectivity index (χ4n) is 2.29. The SMILES string of the molecule is C.CC(F)(F)CNC(=O)c1cn(-c2cccnc2)nn1.CC(F)(F)C[NH3+].O=C(O)c1cn(-c2cccnc2)nn1.[Cl-]. The average Bonchev–Trinajstić information content (AvgIpc) is 3.59. The predicted molar refractivity (Wildman–Crippen MR) is 133 cm³/mol. The number of carboxylic acids is 1. The standard InChI is InChI=1S/C11H11F2N5O.C8H6N4O2.C3H7F2N.CH4.ClH/c1-11(12,13)7-15-10(19)9-6-18(17-16-9)8-3-2-4-14-5-8;13-8(14)7-5-12(11-10-7)6-2-1-3-9-4-6;1-3(4,5)2-6;;/h2-6H,7H2,1H3,(H,15,19);1-5H,(H,13,14);2,6H2,1H3;1H4;1H. The van der Waals surface area contributed by atoms with Crippen LogP contribution in [0, 0.1) is 0 Å². The van der Waals surface area contributed by atoms with Crippen molar-refractivity contribution in [2.24, 2.45) is 0 Å². The first-order chi connectivity index (χ1) is 18.3. The van der Waals surface area contributed by atoms with Gasteiger partial charge in [0.1, 0.15) is 6.54 Å². The molecule has 0 spiro atoms. The van der Waals surface area contributed by atoms with Gasteiger partial charge in [0.2, 0.25) is 0 Å². The van der Waals surface area contributed by atoms with Crippen LogP contribution in [0.2, 0.25) is 0 Å². The Labute approximate surface area is 238 Å². The Hall–Kier alpha value is -4.51. The second-order valence-corrected chi connectivity index (χ2v) is 7.90. The van der Waals surface area contributed by atoms with E-state index < -0.39 is 30.3 Å². The molecule has 0 atom stereocenters. The number of amides is 1. The molecule has 224 valence electrons. The maximum absolute atomic E-state index is 12.6. The molecule has 5 N–H and O–H groups in total. The van der Waals surface area contributed by atoms with Gasteiger partial charge in [0.05, 0.1) is 42.7 Å². The summed E-state index contributed by atoms with van der Waals surface area (Å²) in [5.74, 6) is -7.33. The third kappa shape index (κ3) is 13.4. The van der Waals surface area contributed by atoms with Crippen LogP contribution in [0.1, 0.15) is 42.3 Å². The molecule has 0 radical (unpaired) electrons. The van der Waals surface area contributed by atoms with E-state index >= 15 is 0 Å². The second-order valence-electron chi connectivity index (χ2n) is 7.90. The number of hydrogen-bond donors (Lipinski definition) is 3. The fourth-order valence-corrected chi connectivity index (χ4v) is 2.29. The van der Waals surface area contributed by atoms with E-state index in [-0.39, 0.29) is 37.8 Å². The number of carbonyl (C=O) groups excluding carboxylic acids is 1. The Morgan fingerprint density at radius 3 is 1.68 bits per heavy atom. The van der Waals surface area contributed by atoms with Gasteiger partial charge in [0.25, 0.3) is 17.8 Å². The molecule has 4 heterocycles. The molecule has 0 bridgehead atoms. The van der Waals surface area contributed by atoms with Crippen molar-refractivity contribution in [3.63, 3.8) is 0 Å². The molecule has 0 aliphatic rings. The van der Waals surface area contributed by atoms with Gasteiger partial charge < -0.3 is 28.6 Å². The summed E-state index contributed by atoms with van der Waals surface area (Å²) in [6.07, 6.45) is 9.01. The monoisotopic (exact) mass is 604 g/mol. The molecule has 0 aliphatic carbocycles. The number of aromatic carboxylic acids is 1. The number of nitrogens with zero attached hydrogens (tertiary/aromatic N) is 8. The van der Waals surface area contributed by atoms with Crippen molar-refractivity contribution in [3.8, 4) is 11.4 Å². The summed E-state index contributed by atoms with van der Waals surface area (Å²) in [6.45, 7) is 0.512. The highest BCUT2D eigenvalue weighted by Gasteiger charge is 2.23. The van der Waals surface area contributed by atoms with Crippen LogP contribution in [0.15, 0.2) is 61.4 Å². The van der Waals surface area contributed by atoms with Gasteiger partial charge in [-0.1, -0.05) is 17.9 Å². The Balaban J connectivity index is 0.000000643. The third-order valence-corrected chi connectivity index (χ3v) is 4.26. The summed E-state index contributed by atoms with van der Waals surface area (Å²) in [5.41, 5.74) is 4.18. The van der Waals surface area contributed by atoms with Gasteiger partial charge >= 0.3 is 5.97 Å². The van der Waals surface area contributed by atoms with E-state index in [4.69, 9.17) is 5.11 Å². The molecule has 0 saturated carbocycles. The Kier molecular flexibility index (Phi) is 14.7. The van der Waals surface area contributed by atoms with Gasteiger partial charge in [-0.2, -0.15) is 0 Å². The molecule has 4 aromatic heterocycles. The molecule has 1 amide bonds. The molecule has 0 fully saturated rings. The van der Waals surface area contributed by atoms with Crippen LogP contribution in [0.5, 0.6) is 0 Å². The smallest absolute Gasteiger partial charge is 0.358 e. The van der Waals surface area contributed by atoms with E-state index in [1.807, 2.05) is 0 Å². The normalized spacial score (nSPS) is 10.4. The van der Waals surface area contributed by atoms with E-state index in [0.717, 1.165) is 13.8 Å². The number of carbonyl (C=O) groups is 2. The molecule has 0 saturated heterocycles. The number of rotatable bonds is 7. The van der Waals surface area contributed by atoms with E-state index in [0.29, 0.717) is 11.4 Å². The van der Waals surface area contributed by atoms with Crippen LogP contribution in [0.4, 0.5) is 17.6 Å². The fraction of sp³-hybridized carbons (Fsp3) is 0.304. The van der Waals surface area contributed by atoms with Crippen LogP contribution in [-0.4, -0.2) is 81.9 Å². The van der Waals surface area contributed by atoms with Gasteiger partial charge in [0, 0.05) is 26.2 Å². The van der Waals surface area contributed by atoms with Gasteiger partial charge in [-0.3, -0.25) is 14.8 Å². The van der Waals surface area contributed by atoms with Gasteiger partial charge in [-0.15, -0.1) is 10.2 Å². The van der Waals surface area contributed by atoms with Crippen molar-refractivity contribution in [1.82, 2.24) is 45.3 Å². The topological polar surface area (TPSA) is 181 Å². The number of carboxylic acid groups (broad SMARTS) is 1. The minimum Gasteiger partial charge on any atom is -1.00 e. The zero-order valence-electron chi connectivity index (χ0n) is 21.1. The first kappa shape index (κ1) is 36.5. The van der Waals surface area contributed by atoms with Crippen LogP contribution < -0.4 is 23.5 Å². The molecule has 4 aromatic rings. The van der Waals surface area contributed by atoms with Gasteiger partial charge in [-0.05, 0) is 24.3 Å². The summed E-state index contributed by atoms with van der Waals surface area (Å²) < 4.78 is 50.7. The largest absolute Gasteiger partial charge is 1.00 e. The maximum atomic E-state index is 12.6. The zero-order chi connectivity index (χ0) is 29.1. The molecule has 18 heteroatoms. The molecule has 41 heavy (non-hydrogen) atoms. The van der Waals surface area contributed by atoms with Crippen LogP contribution in [0.25, 0.3) is 11.4 Å². The predicted octanol–water partition coefficient (Wildman–Crippen LogP) is -1.07.